The highest BCUT2D eigenvalue weighted by molar-refractivity contribution is 5.78. The Bertz CT molecular complexity index is 1340. The number of benzene rings is 1. The van der Waals surface area contributed by atoms with Crippen LogP contribution in [0.1, 0.15) is 23.2 Å². The molecule has 6 rings (SSSR count). The normalized spacial score (nSPS) is 20.9. The summed E-state index contributed by atoms with van der Waals surface area (Å²) in [4.78, 5) is 12.8. The van der Waals surface area contributed by atoms with Crippen LogP contribution in [0.2, 0.25) is 0 Å². The third kappa shape index (κ3) is 3.07. The molecule has 9 heteroatoms. The average Bonchev–Trinajstić information content (AvgIpc) is 3.22. The Kier molecular flexibility index (Phi) is 4.41. The summed E-state index contributed by atoms with van der Waals surface area (Å²) in [6, 6.07) is 7.95. The molecule has 1 spiro atoms. The quantitative estimate of drug-likeness (QED) is 0.598. The van der Waals surface area contributed by atoms with Crippen LogP contribution in [0.3, 0.4) is 0 Å². The molecule has 5 heterocycles. The summed E-state index contributed by atoms with van der Waals surface area (Å²) < 4.78 is 46.0. The van der Waals surface area contributed by atoms with Crippen molar-refractivity contribution >= 4 is 11.6 Å². The fraction of sp³-hybridized carbons (Fsp3) is 0.208. The lowest BCUT2D eigenvalue weighted by Crippen LogP contribution is -2.31. The molecule has 0 aliphatic carbocycles. The van der Waals surface area contributed by atoms with Gasteiger partial charge in [0.05, 0.1) is 30.7 Å². The third-order valence-corrected chi connectivity index (χ3v) is 6.12. The topological polar surface area (TPSA) is 91.9 Å². The molecule has 0 bridgehead atoms. The lowest BCUT2D eigenvalue weighted by Gasteiger charge is -2.34. The van der Waals surface area contributed by atoms with Gasteiger partial charge in [-0.2, -0.15) is 4.39 Å². The number of hydrogen-bond donors (Lipinski definition) is 1. The fourth-order valence-electron chi connectivity index (χ4n) is 4.52. The SMILES string of the molecule is NC1=NC2(CO1)c1cc(-c3c(F)ccnc3F)ccc1Oc1cnc(C3=CCOCC3)cc12. The molecule has 166 valence electrons. The summed E-state index contributed by atoms with van der Waals surface area (Å²) in [6.45, 7) is 1.27. The minimum absolute atomic E-state index is 0.0292. The van der Waals surface area contributed by atoms with Crippen molar-refractivity contribution in [2.45, 2.75) is 12.0 Å². The maximum atomic E-state index is 14.5. The smallest absolute Gasteiger partial charge is 0.283 e. The van der Waals surface area contributed by atoms with Crippen LogP contribution in [0, 0.1) is 11.8 Å². The molecule has 2 aromatic heterocycles. The first-order valence-electron chi connectivity index (χ1n) is 10.4. The Morgan fingerprint density at radius 3 is 2.67 bits per heavy atom. The van der Waals surface area contributed by atoms with Gasteiger partial charge in [-0.3, -0.25) is 4.98 Å². The first-order valence-corrected chi connectivity index (χ1v) is 10.4. The van der Waals surface area contributed by atoms with E-state index in [1.807, 2.05) is 12.1 Å². The van der Waals surface area contributed by atoms with E-state index in [4.69, 9.17) is 19.9 Å². The number of amidine groups is 1. The van der Waals surface area contributed by atoms with Gasteiger partial charge in [-0.1, -0.05) is 12.1 Å². The van der Waals surface area contributed by atoms with E-state index in [1.54, 1.807) is 24.4 Å². The number of hydrogen-bond acceptors (Lipinski definition) is 7. The number of halogens is 2. The van der Waals surface area contributed by atoms with Crippen LogP contribution >= 0.6 is 0 Å². The van der Waals surface area contributed by atoms with Gasteiger partial charge in [0.2, 0.25) is 5.95 Å². The van der Waals surface area contributed by atoms with E-state index in [9.17, 15) is 8.78 Å². The zero-order valence-corrected chi connectivity index (χ0v) is 17.3. The maximum absolute atomic E-state index is 14.5. The van der Waals surface area contributed by atoms with E-state index in [0.717, 1.165) is 35.5 Å². The fourth-order valence-corrected chi connectivity index (χ4v) is 4.52. The minimum atomic E-state index is -1.04. The summed E-state index contributed by atoms with van der Waals surface area (Å²) in [5.41, 5.74) is 8.15. The van der Waals surface area contributed by atoms with E-state index in [-0.39, 0.29) is 18.2 Å². The Balaban J connectivity index is 1.55. The molecule has 33 heavy (non-hydrogen) atoms. The van der Waals surface area contributed by atoms with Gasteiger partial charge in [-0.25, -0.2) is 14.4 Å². The molecule has 0 amide bonds. The highest BCUT2D eigenvalue weighted by atomic mass is 19.1. The summed E-state index contributed by atoms with van der Waals surface area (Å²) >= 11 is 0. The molecule has 2 N–H and O–H groups in total. The van der Waals surface area contributed by atoms with Crippen molar-refractivity contribution in [1.82, 2.24) is 9.97 Å². The van der Waals surface area contributed by atoms with E-state index in [0.29, 0.717) is 35.8 Å². The van der Waals surface area contributed by atoms with Crippen LogP contribution in [0.15, 0.2) is 53.8 Å². The van der Waals surface area contributed by atoms with Crippen LogP contribution in [0.4, 0.5) is 8.78 Å². The van der Waals surface area contributed by atoms with Crippen molar-refractivity contribution in [3.63, 3.8) is 0 Å². The van der Waals surface area contributed by atoms with Gasteiger partial charge in [0.25, 0.3) is 6.02 Å². The number of aliphatic imine (C=N–C) groups is 1. The summed E-state index contributed by atoms with van der Waals surface area (Å²) in [7, 11) is 0. The van der Waals surface area contributed by atoms with Gasteiger partial charge >= 0.3 is 0 Å². The highest BCUT2D eigenvalue weighted by Crippen LogP contribution is 2.52. The van der Waals surface area contributed by atoms with Crippen molar-refractivity contribution in [2.75, 3.05) is 19.8 Å². The highest BCUT2D eigenvalue weighted by Gasteiger charge is 2.47. The molecule has 3 aliphatic heterocycles. The Morgan fingerprint density at radius 2 is 1.91 bits per heavy atom. The molecule has 0 fully saturated rings. The number of rotatable bonds is 2. The van der Waals surface area contributed by atoms with Gasteiger partial charge in [-0.15, -0.1) is 0 Å². The van der Waals surface area contributed by atoms with Gasteiger partial charge in [0.15, 0.2) is 11.3 Å². The van der Waals surface area contributed by atoms with Crippen LogP contribution in [-0.4, -0.2) is 35.8 Å². The zero-order valence-electron chi connectivity index (χ0n) is 17.3. The van der Waals surface area contributed by atoms with Crippen molar-refractivity contribution in [3.8, 4) is 22.6 Å². The second-order valence-electron chi connectivity index (χ2n) is 7.99. The van der Waals surface area contributed by atoms with E-state index < -0.39 is 17.3 Å². The van der Waals surface area contributed by atoms with Gasteiger partial charge in [-0.05, 0) is 41.8 Å². The summed E-state index contributed by atoms with van der Waals surface area (Å²) in [6.07, 6.45) is 5.48. The Labute approximate surface area is 187 Å². The van der Waals surface area contributed by atoms with E-state index in [2.05, 4.69) is 15.0 Å². The minimum Gasteiger partial charge on any atom is -0.462 e. The maximum Gasteiger partial charge on any atom is 0.283 e. The molecule has 1 atom stereocenters. The van der Waals surface area contributed by atoms with Crippen molar-refractivity contribution in [2.24, 2.45) is 10.7 Å². The van der Waals surface area contributed by atoms with E-state index in [1.165, 1.54) is 0 Å². The zero-order chi connectivity index (χ0) is 22.6. The van der Waals surface area contributed by atoms with Crippen LogP contribution in [0.5, 0.6) is 11.5 Å². The molecule has 3 aromatic rings. The summed E-state index contributed by atoms with van der Waals surface area (Å²) in [5, 5.41) is 0. The first-order chi connectivity index (χ1) is 16.0. The van der Waals surface area contributed by atoms with Crippen LogP contribution in [-0.2, 0) is 15.0 Å². The Morgan fingerprint density at radius 1 is 1.03 bits per heavy atom. The van der Waals surface area contributed by atoms with Crippen molar-refractivity contribution in [1.29, 1.82) is 0 Å². The number of aromatic nitrogens is 2. The molecule has 1 aromatic carbocycles. The average molecular weight is 448 g/mol. The predicted octanol–water partition coefficient (Wildman–Crippen LogP) is 3.92. The van der Waals surface area contributed by atoms with Gasteiger partial charge in [0, 0.05) is 17.3 Å². The molecule has 3 aliphatic rings. The lowest BCUT2D eigenvalue weighted by atomic mass is 9.80. The Hall–Kier alpha value is -3.85. The van der Waals surface area contributed by atoms with Gasteiger partial charge in [0.1, 0.15) is 18.2 Å². The first kappa shape index (κ1) is 19.8. The second kappa shape index (κ2) is 7.35. The molecular formula is C24H18F2N4O3. The second-order valence-corrected chi connectivity index (χ2v) is 7.99. The molecule has 0 saturated heterocycles. The molecule has 0 saturated carbocycles. The molecular weight excluding hydrogens is 430 g/mol. The number of ether oxygens (including phenoxy) is 3. The lowest BCUT2D eigenvalue weighted by molar-refractivity contribution is 0.161. The number of pyridine rings is 2. The largest absolute Gasteiger partial charge is 0.462 e. The van der Waals surface area contributed by atoms with E-state index >= 15 is 0 Å². The van der Waals surface area contributed by atoms with Crippen LogP contribution < -0.4 is 10.5 Å². The predicted molar refractivity (Wildman–Crippen MR) is 116 cm³/mol. The number of nitrogens with zero attached hydrogens (tertiary/aromatic N) is 3. The van der Waals surface area contributed by atoms with Gasteiger partial charge < -0.3 is 19.9 Å². The molecule has 1 unspecified atom stereocenters. The van der Waals surface area contributed by atoms with Crippen molar-refractivity contribution < 1.29 is 23.0 Å². The molecule has 0 radical (unpaired) electrons. The van der Waals surface area contributed by atoms with Crippen molar-refractivity contribution in [3.05, 3.63) is 77.4 Å². The standard InChI is InChI=1S/C24H18F2N4O3/c25-17-3-6-28-22(26)21(17)14-1-2-19-15(9-14)24(12-32-23(27)30-24)16-10-18(29-11-20(16)33-19)13-4-7-31-8-5-13/h1-4,6,9-11H,5,7-8,12H2,(H2,27,30). The number of fused-ring (bicyclic) bond motifs is 4. The molecule has 7 nitrogen and oxygen atoms in total. The number of nitrogens with two attached hydrogens (primary N) is 1. The monoisotopic (exact) mass is 448 g/mol. The summed E-state index contributed by atoms with van der Waals surface area (Å²) in [5.74, 6) is -0.604. The third-order valence-electron chi connectivity index (χ3n) is 6.12. The van der Waals surface area contributed by atoms with Crippen LogP contribution in [0.25, 0.3) is 16.7 Å².